The molecule has 1 heterocycles. The largest absolute Gasteiger partial charge is 0.433 e. The summed E-state index contributed by atoms with van der Waals surface area (Å²) >= 11 is 12.2. The number of benzene rings is 1. The lowest BCUT2D eigenvalue weighted by molar-refractivity contribution is -0.141. The first-order chi connectivity index (χ1) is 11.1. The van der Waals surface area contributed by atoms with E-state index >= 15 is 0 Å². The molecule has 1 amide bonds. The second-order valence-electron chi connectivity index (χ2n) is 4.43. The van der Waals surface area contributed by atoms with Crippen LogP contribution >= 0.6 is 35.0 Å². The van der Waals surface area contributed by atoms with E-state index in [1.54, 1.807) is 0 Å². The number of hydrogen-bond donors (Lipinski definition) is 2. The summed E-state index contributed by atoms with van der Waals surface area (Å²) in [6.45, 7) is 0. The SMILES string of the molecule is O=C(CSc1nc(C(F)(F)F)cc(=O)[nH]1)Nc1cc(Cl)cc(Cl)c1. The third-order valence-electron chi connectivity index (χ3n) is 2.50. The molecule has 11 heteroatoms. The van der Waals surface area contributed by atoms with Crippen LogP contribution < -0.4 is 10.9 Å². The van der Waals surface area contributed by atoms with E-state index in [9.17, 15) is 22.8 Å². The van der Waals surface area contributed by atoms with Crippen LogP contribution in [0, 0.1) is 0 Å². The fourth-order valence-corrected chi connectivity index (χ4v) is 2.81. The molecule has 0 saturated heterocycles. The average Bonchev–Trinajstić information content (AvgIpc) is 2.42. The molecule has 0 aliphatic rings. The number of H-pyrrole nitrogens is 1. The number of hydrogen-bond acceptors (Lipinski definition) is 4. The maximum atomic E-state index is 12.6. The number of amides is 1. The lowest BCUT2D eigenvalue weighted by Crippen LogP contribution is -2.18. The molecule has 2 rings (SSSR count). The number of alkyl halides is 3. The number of carbonyl (C=O) groups is 1. The number of thioether (sulfide) groups is 1. The van der Waals surface area contributed by atoms with Gasteiger partial charge in [0.15, 0.2) is 10.9 Å². The molecule has 0 spiro atoms. The van der Waals surface area contributed by atoms with Crippen molar-refractivity contribution in [1.29, 1.82) is 0 Å². The van der Waals surface area contributed by atoms with Gasteiger partial charge in [-0.3, -0.25) is 9.59 Å². The van der Waals surface area contributed by atoms with Crippen LogP contribution in [0.3, 0.4) is 0 Å². The zero-order chi connectivity index (χ0) is 17.9. The predicted octanol–water partition coefficient (Wildman–Crippen LogP) is 3.83. The first-order valence-corrected chi connectivity index (χ1v) is 7.95. The molecule has 0 bridgehead atoms. The van der Waals surface area contributed by atoms with Crippen LogP contribution in [0.25, 0.3) is 0 Å². The minimum absolute atomic E-state index is 0.269. The molecule has 0 atom stereocenters. The Labute approximate surface area is 147 Å². The lowest BCUT2D eigenvalue weighted by atomic mass is 10.3. The Morgan fingerprint density at radius 3 is 2.42 bits per heavy atom. The Balaban J connectivity index is 2.04. The first-order valence-electron chi connectivity index (χ1n) is 6.21. The van der Waals surface area contributed by atoms with Gasteiger partial charge in [0.1, 0.15) is 0 Å². The van der Waals surface area contributed by atoms with Crippen LogP contribution in [0.1, 0.15) is 5.69 Å². The van der Waals surface area contributed by atoms with Gasteiger partial charge < -0.3 is 10.3 Å². The molecule has 2 aromatic rings. The molecule has 1 aromatic carbocycles. The van der Waals surface area contributed by atoms with Crippen LogP contribution in [0.2, 0.25) is 10.0 Å². The van der Waals surface area contributed by atoms with Crippen molar-refractivity contribution >= 4 is 46.6 Å². The van der Waals surface area contributed by atoms with E-state index in [1.165, 1.54) is 18.2 Å². The molecule has 0 saturated carbocycles. The van der Waals surface area contributed by atoms with Gasteiger partial charge in [-0.25, -0.2) is 4.98 Å². The number of aromatic nitrogens is 2. The van der Waals surface area contributed by atoms with Crippen molar-refractivity contribution in [1.82, 2.24) is 9.97 Å². The van der Waals surface area contributed by atoms with Gasteiger partial charge in [0.05, 0.1) is 5.75 Å². The van der Waals surface area contributed by atoms with Crippen molar-refractivity contribution in [2.75, 3.05) is 11.1 Å². The second kappa shape index (κ2) is 7.45. The molecular weight excluding hydrogens is 390 g/mol. The first kappa shape index (κ1) is 18.6. The molecule has 0 fully saturated rings. The van der Waals surface area contributed by atoms with Crippen LogP contribution in [-0.2, 0) is 11.0 Å². The number of aromatic amines is 1. The van der Waals surface area contributed by atoms with Crippen LogP contribution in [0.5, 0.6) is 0 Å². The monoisotopic (exact) mass is 397 g/mol. The number of nitrogens with one attached hydrogen (secondary N) is 2. The van der Waals surface area contributed by atoms with E-state index in [4.69, 9.17) is 23.2 Å². The molecular formula is C13H8Cl2F3N3O2S. The summed E-state index contributed by atoms with van der Waals surface area (Å²) in [6, 6.07) is 4.74. The van der Waals surface area contributed by atoms with E-state index in [2.05, 4.69) is 15.3 Å². The van der Waals surface area contributed by atoms with Gasteiger partial charge in [-0.05, 0) is 18.2 Å². The molecule has 1 aromatic heterocycles. The van der Waals surface area contributed by atoms with Crippen molar-refractivity contribution in [3.8, 4) is 0 Å². The Hall–Kier alpha value is -1.71. The molecule has 2 N–H and O–H groups in total. The average molecular weight is 398 g/mol. The van der Waals surface area contributed by atoms with Gasteiger partial charge in [0.25, 0.3) is 5.56 Å². The van der Waals surface area contributed by atoms with Gasteiger partial charge in [-0.1, -0.05) is 35.0 Å². The van der Waals surface area contributed by atoms with Gasteiger partial charge >= 0.3 is 6.18 Å². The van der Waals surface area contributed by atoms with E-state index in [-0.39, 0.29) is 10.9 Å². The highest BCUT2D eigenvalue weighted by molar-refractivity contribution is 7.99. The minimum Gasteiger partial charge on any atom is -0.325 e. The summed E-state index contributed by atoms with van der Waals surface area (Å²) in [5.41, 5.74) is -1.94. The van der Waals surface area contributed by atoms with Crippen molar-refractivity contribution < 1.29 is 18.0 Å². The smallest absolute Gasteiger partial charge is 0.325 e. The van der Waals surface area contributed by atoms with Gasteiger partial charge in [-0.15, -0.1) is 0 Å². The fourth-order valence-electron chi connectivity index (χ4n) is 1.61. The topological polar surface area (TPSA) is 74.8 Å². The zero-order valence-electron chi connectivity index (χ0n) is 11.6. The zero-order valence-corrected chi connectivity index (χ0v) is 13.9. The van der Waals surface area contributed by atoms with Crippen molar-refractivity contribution in [3.63, 3.8) is 0 Å². The van der Waals surface area contributed by atoms with Gasteiger partial charge in [-0.2, -0.15) is 13.2 Å². The van der Waals surface area contributed by atoms with Crippen LogP contribution in [0.4, 0.5) is 18.9 Å². The highest BCUT2D eigenvalue weighted by Gasteiger charge is 2.33. The molecule has 5 nitrogen and oxygen atoms in total. The third-order valence-corrected chi connectivity index (χ3v) is 3.81. The normalized spacial score (nSPS) is 11.4. The summed E-state index contributed by atoms with van der Waals surface area (Å²) < 4.78 is 37.7. The molecule has 0 aliphatic carbocycles. The van der Waals surface area contributed by atoms with Gasteiger partial charge in [0, 0.05) is 21.8 Å². The van der Waals surface area contributed by atoms with Crippen LogP contribution in [-0.4, -0.2) is 21.6 Å². The standard InChI is InChI=1S/C13H8Cl2F3N3O2S/c14-6-1-7(15)3-8(2-6)19-11(23)5-24-12-20-9(13(16,17)18)4-10(22)21-12/h1-4H,5H2,(H,19,23)(H,20,21,22). The van der Waals surface area contributed by atoms with E-state index < -0.39 is 23.3 Å². The lowest BCUT2D eigenvalue weighted by Gasteiger charge is -2.08. The van der Waals surface area contributed by atoms with E-state index in [0.29, 0.717) is 33.6 Å². The Morgan fingerprint density at radius 2 is 1.83 bits per heavy atom. The highest BCUT2D eigenvalue weighted by Crippen LogP contribution is 2.27. The number of anilines is 1. The van der Waals surface area contributed by atoms with Crippen molar-refractivity contribution in [3.05, 3.63) is 50.4 Å². The Kier molecular flexibility index (Phi) is 5.79. The van der Waals surface area contributed by atoms with Crippen LogP contribution in [0.15, 0.2) is 34.2 Å². The third kappa shape index (κ3) is 5.43. The summed E-state index contributed by atoms with van der Waals surface area (Å²) in [4.78, 5) is 28.4. The Morgan fingerprint density at radius 1 is 1.21 bits per heavy atom. The van der Waals surface area contributed by atoms with Crippen molar-refractivity contribution in [2.45, 2.75) is 11.3 Å². The quantitative estimate of drug-likeness (QED) is 0.607. The van der Waals surface area contributed by atoms with Gasteiger partial charge in [0.2, 0.25) is 5.91 Å². The number of nitrogens with zero attached hydrogens (tertiary/aromatic N) is 1. The number of carbonyl (C=O) groups excluding carboxylic acids is 1. The fraction of sp³-hybridized carbons (Fsp3) is 0.154. The molecule has 0 unspecified atom stereocenters. The molecule has 0 aliphatic heterocycles. The molecule has 24 heavy (non-hydrogen) atoms. The minimum atomic E-state index is -4.75. The summed E-state index contributed by atoms with van der Waals surface area (Å²) in [5, 5.41) is 2.80. The molecule has 0 radical (unpaired) electrons. The van der Waals surface area contributed by atoms with Crippen molar-refractivity contribution in [2.24, 2.45) is 0 Å². The maximum absolute atomic E-state index is 12.6. The molecule has 128 valence electrons. The van der Waals surface area contributed by atoms with E-state index in [0.717, 1.165) is 0 Å². The Bertz CT molecular complexity index is 807. The summed E-state index contributed by atoms with van der Waals surface area (Å²) in [7, 11) is 0. The predicted molar refractivity (Wildman–Crippen MR) is 85.7 cm³/mol. The highest BCUT2D eigenvalue weighted by atomic mass is 35.5. The number of rotatable bonds is 4. The summed E-state index contributed by atoms with van der Waals surface area (Å²) in [6.07, 6.45) is -4.75. The van der Waals surface area contributed by atoms with E-state index in [1.807, 2.05) is 0 Å². The number of halogens is 5. The summed E-state index contributed by atoms with van der Waals surface area (Å²) in [5.74, 6) is -0.799. The second-order valence-corrected chi connectivity index (χ2v) is 6.27. The maximum Gasteiger partial charge on any atom is 0.433 e.